The molecule has 1 saturated heterocycles. The molecular formula is C25H35N3O4. The average molecular weight is 442 g/mol. The van der Waals surface area contributed by atoms with Crippen molar-refractivity contribution in [2.75, 3.05) is 53.6 Å². The van der Waals surface area contributed by atoms with Gasteiger partial charge in [0.05, 0.1) is 14.2 Å². The van der Waals surface area contributed by atoms with Gasteiger partial charge in [-0.3, -0.25) is 9.69 Å². The van der Waals surface area contributed by atoms with Gasteiger partial charge in [-0.1, -0.05) is 18.2 Å². The Morgan fingerprint density at radius 2 is 1.81 bits per heavy atom. The normalized spacial score (nSPS) is 15.3. The highest BCUT2D eigenvalue weighted by Crippen LogP contribution is 2.28. The monoisotopic (exact) mass is 441 g/mol. The third kappa shape index (κ3) is 6.61. The van der Waals surface area contributed by atoms with Crippen LogP contribution in [-0.2, 0) is 11.3 Å². The zero-order valence-corrected chi connectivity index (χ0v) is 19.6. The molecule has 0 aromatic heterocycles. The zero-order chi connectivity index (χ0) is 22.9. The second-order valence-electron chi connectivity index (χ2n) is 8.06. The van der Waals surface area contributed by atoms with Crippen molar-refractivity contribution < 1.29 is 19.0 Å². The van der Waals surface area contributed by atoms with Crippen LogP contribution in [0.2, 0.25) is 0 Å². The first-order valence-corrected chi connectivity index (χ1v) is 11.1. The maximum absolute atomic E-state index is 11.5. The Kier molecular flexibility index (Phi) is 8.76. The van der Waals surface area contributed by atoms with Crippen LogP contribution in [0, 0.1) is 0 Å². The molecule has 2 aromatic carbocycles. The second-order valence-corrected chi connectivity index (χ2v) is 8.06. The van der Waals surface area contributed by atoms with E-state index in [9.17, 15) is 4.79 Å². The zero-order valence-electron chi connectivity index (χ0n) is 19.6. The van der Waals surface area contributed by atoms with E-state index < -0.39 is 0 Å². The Morgan fingerprint density at radius 3 is 2.50 bits per heavy atom. The van der Waals surface area contributed by atoms with Crippen molar-refractivity contribution in [1.29, 1.82) is 0 Å². The summed E-state index contributed by atoms with van der Waals surface area (Å²) in [7, 11) is 3.34. The SMILES string of the molecule is COc1cccc(C(C)NCc2ccc(OC)c(OCCN3CCN(C(C)=O)CC3)c2)c1. The molecule has 1 amide bonds. The van der Waals surface area contributed by atoms with Gasteiger partial charge in [0.2, 0.25) is 5.91 Å². The molecule has 1 N–H and O–H groups in total. The van der Waals surface area contributed by atoms with Crippen LogP contribution in [0.5, 0.6) is 17.2 Å². The van der Waals surface area contributed by atoms with E-state index in [-0.39, 0.29) is 11.9 Å². The van der Waals surface area contributed by atoms with Crippen LogP contribution < -0.4 is 19.5 Å². The number of benzene rings is 2. The first-order chi connectivity index (χ1) is 15.5. The van der Waals surface area contributed by atoms with Crippen molar-refractivity contribution in [3.8, 4) is 17.2 Å². The number of hydrogen-bond donors (Lipinski definition) is 1. The Balaban J connectivity index is 1.51. The summed E-state index contributed by atoms with van der Waals surface area (Å²) in [6, 6.07) is 14.3. The second kappa shape index (κ2) is 11.7. The van der Waals surface area contributed by atoms with E-state index in [1.807, 2.05) is 29.2 Å². The Hall–Kier alpha value is -2.77. The summed E-state index contributed by atoms with van der Waals surface area (Å²) in [4.78, 5) is 15.7. The minimum Gasteiger partial charge on any atom is -0.497 e. The summed E-state index contributed by atoms with van der Waals surface area (Å²) in [5.74, 6) is 2.50. The lowest BCUT2D eigenvalue weighted by Gasteiger charge is -2.34. The standard InChI is InChI=1S/C25H35N3O4/c1-19(22-6-5-7-23(17-22)30-3)26-18-21-8-9-24(31-4)25(16-21)32-15-14-27-10-12-28(13-11-27)20(2)29/h5-9,16-17,19,26H,10-15,18H2,1-4H3. The first-order valence-electron chi connectivity index (χ1n) is 11.1. The fourth-order valence-corrected chi connectivity index (χ4v) is 3.81. The van der Waals surface area contributed by atoms with Gasteiger partial charge < -0.3 is 24.4 Å². The van der Waals surface area contributed by atoms with Crippen LogP contribution in [0.15, 0.2) is 42.5 Å². The van der Waals surface area contributed by atoms with Gasteiger partial charge in [0.1, 0.15) is 12.4 Å². The van der Waals surface area contributed by atoms with E-state index >= 15 is 0 Å². The van der Waals surface area contributed by atoms with Crippen molar-refractivity contribution in [2.24, 2.45) is 0 Å². The van der Waals surface area contributed by atoms with E-state index in [0.29, 0.717) is 13.2 Å². The molecule has 7 nitrogen and oxygen atoms in total. The molecule has 3 rings (SSSR count). The molecule has 1 atom stereocenters. The van der Waals surface area contributed by atoms with Crippen molar-refractivity contribution in [1.82, 2.24) is 15.1 Å². The van der Waals surface area contributed by atoms with Crippen molar-refractivity contribution in [3.63, 3.8) is 0 Å². The van der Waals surface area contributed by atoms with Crippen LogP contribution in [0.3, 0.4) is 0 Å². The van der Waals surface area contributed by atoms with E-state index in [1.165, 1.54) is 5.56 Å². The Bertz CT molecular complexity index is 881. The Morgan fingerprint density at radius 1 is 1.03 bits per heavy atom. The van der Waals surface area contributed by atoms with Gasteiger partial charge in [-0.2, -0.15) is 0 Å². The van der Waals surface area contributed by atoms with E-state index in [0.717, 1.165) is 55.5 Å². The maximum atomic E-state index is 11.5. The number of nitrogens with zero attached hydrogens (tertiary/aromatic N) is 2. The quantitative estimate of drug-likeness (QED) is 0.611. The number of carbonyl (C=O) groups is 1. The number of ether oxygens (including phenoxy) is 3. The van der Waals surface area contributed by atoms with Gasteiger partial charge >= 0.3 is 0 Å². The van der Waals surface area contributed by atoms with Crippen LogP contribution in [0.25, 0.3) is 0 Å². The molecule has 1 fully saturated rings. The van der Waals surface area contributed by atoms with Crippen LogP contribution >= 0.6 is 0 Å². The molecule has 1 aliphatic heterocycles. The number of piperazine rings is 1. The molecule has 1 heterocycles. The predicted molar refractivity (Wildman–Crippen MR) is 125 cm³/mol. The third-order valence-corrected chi connectivity index (χ3v) is 5.92. The fraction of sp³-hybridized carbons (Fsp3) is 0.480. The predicted octanol–water partition coefficient (Wildman–Crippen LogP) is 3.10. The molecule has 2 aromatic rings. The topological polar surface area (TPSA) is 63.3 Å². The van der Waals surface area contributed by atoms with Gasteiger partial charge in [-0.25, -0.2) is 0 Å². The lowest BCUT2D eigenvalue weighted by Crippen LogP contribution is -2.48. The van der Waals surface area contributed by atoms with Gasteiger partial charge in [-0.15, -0.1) is 0 Å². The van der Waals surface area contributed by atoms with Crippen LogP contribution in [0.1, 0.15) is 31.0 Å². The number of hydrogen-bond acceptors (Lipinski definition) is 6. The van der Waals surface area contributed by atoms with E-state index in [1.54, 1.807) is 21.1 Å². The molecule has 1 unspecified atom stereocenters. The van der Waals surface area contributed by atoms with Crippen molar-refractivity contribution in [2.45, 2.75) is 26.4 Å². The summed E-state index contributed by atoms with van der Waals surface area (Å²) >= 11 is 0. The van der Waals surface area contributed by atoms with Crippen molar-refractivity contribution in [3.05, 3.63) is 53.6 Å². The highest BCUT2D eigenvalue weighted by Gasteiger charge is 2.18. The molecule has 0 spiro atoms. The summed E-state index contributed by atoms with van der Waals surface area (Å²) in [5, 5.41) is 3.56. The number of amides is 1. The van der Waals surface area contributed by atoms with Crippen LogP contribution in [-0.4, -0.2) is 69.3 Å². The van der Waals surface area contributed by atoms with Gasteiger partial charge in [0.15, 0.2) is 11.5 Å². The van der Waals surface area contributed by atoms with Crippen molar-refractivity contribution >= 4 is 5.91 Å². The first kappa shape index (κ1) is 23.9. The summed E-state index contributed by atoms with van der Waals surface area (Å²) in [5.41, 5.74) is 2.31. The minimum absolute atomic E-state index is 0.150. The highest BCUT2D eigenvalue weighted by molar-refractivity contribution is 5.73. The molecule has 0 aliphatic carbocycles. The molecule has 0 bridgehead atoms. The molecular weight excluding hydrogens is 406 g/mol. The largest absolute Gasteiger partial charge is 0.497 e. The molecule has 174 valence electrons. The third-order valence-electron chi connectivity index (χ3n) is 5.92. The highest BCUT2D eigenvalue weighted by atomic mass is 16.5. The Labute approximate surface area is 191 Å². The smallest absolute Gasteiger partial charge is 0.219 e. The number of methoxy groups -OCH3 is 2. The molecule has 7 heteroatoms. The minimum atomic E-state index is 0.150. The van der Waals surface area contributed by atoms with Crippen LogP contribution in [0.4, 0.5) is 0 Å². The lowest BCUT2D eigenvalue weighted by molar-refractivity contribution is -0.130. The summed E-state index contributed by atoms with van der Waals surface area (Å²) in [6.45, 7) is 9.21. The van der Waals surface area contributed by atoms with E-state index in [4.69, 9.17) is 14.2 Å². The molecule has 1 aliphatic rings. The number of rotatable bonds is 10. The maximum Gasteiger partial charge on any atom is 0.219 e. The molecule has 0 saturated carbocycles. The lowest BCUT2D eigenvalue weighted by atomic mass is 10.1. The molecule has 32 heavy (non-hydrogen) atoms. The average Bonchev–Trinajstić information content (AvgIpc) is 2.83. The van der Waals surface area contributed by atoms with Gasteiger partial charge in [0, 0.05) is 52.2 Å². The molecule has 0 radical (unpaired) electrons. The number of carbonyl (C=O) groups excluding carboxylic acids is 1. The fourth-order valence-electron chi connectivity index (χ4n) is 3.81. The van der Waals surface area contributed by atoms with Gasteiger partial charge in [-0.05, 0) is 42.3 Å². The number of nitrogens with one attached hydrogen (secondary N) is 1. The summed E-state index contributed by atoms with van der Waals surface area (Å²) < 4.78 is 16.9. The van der Waals surface area contributed by atoms with E-state index in [2.05, 4.69) is 35.3 Å². The summed E-state index contributed by atoms with van der Waals surface area (Å²) in [6.07, 6.45) is 0. The van der Waals surface area contributed by atoms with Gasteiger partial charge in [0.25, 0.3) is 0 Å².